The van der Waals surface area contributed by atoms with E-state index in [9.17, 15) is 0 Å². The molecule has 1 fully saturated rings. The summed E-state index contributed by atoms with van der Waals surface area (Å²) in [6.07, 6.45) is 0. The van der Waals surface area contributed by atoms with E-state index >= 15 is 0 Å². The summed E-state index contributed by atoms with van der Waals surface area (Å²) in [5, 5.41) is 3.93. The van der Waals surface area contributed by atoms with Crippen LogP contribution in [0.1, 0.15) is 13.8 Å². The van der Waals surface area contributed by atoms with Crippen molar-refractivity contribution >= 4 is 17.3 Å². The van der Waals surface area contributed by atoms with E-state index in [-0.39, 0.29) is 6.04 Å². The Morgan fingerprint density at radius 2 is 2.00 bits per heavy atom. The third kappa shape index (κ3) is 3.28. The molecule has 1 aromatic rings. The van der Waals surface area contributed by atoms with Gasteiger partial charge in [0, 0.05) is 11.8 Å². The van der Waals surface area contributed by atoms with Gasteiger partial charge in [0.1, 0.15) is 5.75 Å². The highest BCUT2D eigenvalue weighted by atomic mass is 35.5. The molecule has 100 valence electrons. The zero-order valence-corrected chi connectivity index (χ0v) is 11.6. The third-order valence-corrected chi connectivity index (χ3v) is 3.10. The van der Waals surface area contributed by atoms with Crippen molar-refractivity contribution in [3.05, 3.63) is 23.2 Å². The number of hydrogen-bond acceptors (Lipinski definition) is 4. The molecule has 4 nitrogen and oxygen atoms in total. The molecule has 1 N–H and O–H groups in total. The Hall–Kier alpha value is -0.970. The molecule has 0 atom stereocenters. The standard InChI is InChI=1S/C13H18ClNO3/c1-13(2)17-7-10(8-18-13)15-9-4-5-11(14)12(6-9)16-3/h4-6,10,15H,7-8H2,1-3H3. The van der Waals surface area contributed by atoms with E-state index in [1.807, 2.05) is 26.0 Å². The van der Waals surface area contributed by atoms with Crippen molar-refractivity contribution in [3.8, 4) is 5.75 Å². The first-order valence-corrected chi connectivity index (χ1v) is 6.26. The summed E-state index contributed by atoms with van der Waals surface area (Å²) in [6, 6.07) is 5.70. The van der Waals surface area contributed by atoms with Gasteiger partial charge in [-0.05, 0) is 26.0 Å². The SMILES string of the molecule is COc1cc(NC2COC(C)(C)OC2)ccc1Cl. The molecule has 18 heavy (non-hydrogen) atoms. The Labute approximate surface area is 112 Å². The normalized spacial score (nSPS) is 19.6. The molecule has 0 aromatic heterocycles. The van der Waals surface area contributed by atoms with Crippen molar-refractivity contribution in [2.24, 2.45) is 0 Å². The molecular weight excluding hydrogens is 254 g/mol. The van der Waals surface area contributed by atoms with Crippen molar-refractivity contribution in [3.63, 3.8) is 0 Å². The van der Waals surface area contributed by atoms with Gasteiger partial charge in [-0.2, -0.15) is 0 Å². The first-order chi connectivity index (χ1) is 8.50. The third-order valence-electron chi connectivity index (χ3n) is 2.79. The van der Waals surface area contributed by atoms with Gasteiger partial charge in [0.05, 0.1) is 31.4 Å². The molecule has 0 aliphatic carbocycles. The Morgan fingerprint density at radius 1 is 1.33 bits per heavy atom. The Bertz CT molecular complexity index is 413. The fourth-order valence-corrected chi connectivity index (χ4v) is 1.96. The molecule has 1 heterocycles. The quantitative estimate of drug-likeness (QED) is 0.918. The lowest BCUT2D eigenvalue weighted by molar-refractivity contribution is -0.247. The van der Waals surface area contributed by atoms with E-state index in [0.29, 0.717) is 24.0 Å². The highest BCUT2D eigenvalue weighted by Crippen LogP contribution is 2.28. The number of anilines is 1. The maximum absolute atomic E-state index is 5.97. The number of rotatable bonds is 3. The van der Waals surface area contributed by atoms with Crippen molar-refractivity contribution in [2.45, 2.75) is 25.7 Å². The molecule has 1 saturated heterocycles. The van der Waals surface area contributed by atoms with Crippen molar-refractivity contribution in [1.29, 1.82) is 0 Å². The van der Waals surface area contributed by atoms with Gasteiger partial charge in [-0.15, -0.1) is 0 Å². The molecule has 0 saturated carbocycles. The average Bonchev–Trinajstić information content (AvgIpc) is 2.34. The lowest BCUT2D eigenvalue weighted by Crippen LogP contribution is -2.45. The molecule has 1 aliphatic heterocycles. The maximum Gasteiger partial charge on any atom is 0.162 e. The molecule has 1 aromatic carbocycles. The first kappa shape index (κ1) is 13.5. The summed E-state index contributed by atoms with van der Waals surface area (Å²) < 4.78 is 16.4. The second-order valence-corrected chi connectivity index (χ2v) is 5.12. The van der Waals surface area contributed by atoms with Crippen LogP contribution >= 0.6 is 11.6 Å². The molecule has 0 radical (unpaired) electrons. The van der Waals surface area contributed by atoms with Gasteiger partial charge in [0.15, 0.2) is 5.79 Å². The molecule has 0 spiro atoms. The molecule has 0 bridgehead atoms. The summed E-state index contributed by atoms with van der Waals surface area (Å²) in [5.41, 5.74) is 0.938. The predicted octanol–water partition coefficient (Wildman–Crippen LogP) is 2.91. The van der Waals surface area contributed by atoms with Crippen LogP contribution in [-0.2, 0) is 9.47 Å². The molecule has 0 amide bonds. The summed E-state index contributed by atoms with van der Waals surface area (Å²) in [7, 11) is 1.60. The van der Waals surface area contributed by atoms with Crippen LogP contribution in [0.25, 0.3) is 0 Å². The number of hydrogen-bond donors (Lipinski definition) is 1. The zero-order valence-electron chi connectivity index (χ0n) is 10.8. The van der Waals surface area contributed by atoms with Crippen molar-refractivity contribution in [2.75, 3.05) is 25.6 Å². The smallest absolute Gasteiger partial charge is 0.162 e. The van der Waals surface area contributed by atoms with Crippen LogP contribution in [0.5, 0.6) is 5.75 Å². The minimum atomic E-state index is -0.490. The second kappa shape index (κ2) is 5.34. The fraction of sp³-hybridized carbons (Fsp3) is 0.538. The van der Waals surface area contributed by atoms with E-state index in [4.69, 9.17) is 25.8 Å². The summed E-state index contributed by atoms with van der Waals surface area (Å²) in [4.78, 5) is 0. The Kier molecular flexibility index (Phi) is 4.00. The van der Waals surface area contributed by atoms with E-state index < -0.39 is 5.79 Å². The minimum Gasteiger partial charge on any atom is -0.495 e. The van der Waals surface area contributed by atoms with Gasteiger partial charge in [0.2, 0.25) is 0 Å². The van der Waals surface area contributed by atoms with Crippen LogP contribution in [0.2, 0.25) is 5.02 Å². The first-order valence-electron chi connectivity index (χ1n) is 5.88. The molecule has 1 aliphatic rings. The number of halogens is 1. The van der Waals surface area contributed by atoms with Crippen LogP contribution in [-0.4, -0.2) is 32.2 Å². The van der Waals surface area contributed by atoms with Crippen molar-refractivity contribution in [1.82, 2.24) is 0 Å². The van der Waals surface area contributed by atoms with E-state index in [1.165, 1.54) is 0 Å². The maximum atomic E-state index is 5.97. The Morgan fingerprint density at radius 3 is 2.61 bits per heavy atom. The molecule has 5 heteroatoms. The summed E-state index contributed by atoms with van der Waals surface area (Å²) in [5.74, 6) is 0.162. The number of methoxy groups -OCH3 is 1. The predicted molar refractivity (Wildman–Crippen MR) is 71.4 cm³/mol. The van der Waals surface area contributed by atoms with Gasteiger partial charge in [-0.1, -0.05) is 11.6 Å². The molecule has 0 unspecified atom stereocenters. The molecular formula is C13H18ClNO3. The van der Waals surface area contributed by atoms with Gasteiger partial charge in [-0.3, -0.25) is 0 Å². The zero-order chi connectivity index (χ0) is 13.2. The summed E-state index contributed by atoms with van der Waals surface area (Å²) >= 11 is 5.97. The van der Waals surface area contributed by atoms with Crippen LogP contribution in [0.3, 0.4) is 0 Å². The van der Waals surface area contributed by atoms with E-state index in [0.717, 1.165) is 5.69 Å². The lowest BCUT2D eigenvalue weighted by Gasteiger charge is -2.35. The van der Waals surface area contributed by atoms with Crippen LogP contribution in [0.15, 0.2) is 18.2 Å². The van der Waals surface area contributed by atoms with Gasteiger partial charge in [-0.25, -0.2) is 0 Å². The fourth-order valence-electron chi connectivity index (χ4n) is 1.76. The molecule has 2 rings (SSSR count). The van der Waals surface area contributed by atoms with Crippen molar-refractivity contribution < 1.29 is 14.2 Å². The van der Waals surface area contributed by atoms with Gasteiger partial charge in [0.25, 0.3) is 0 Å². The van der Waals surface area contributed by atoms with Crippen LogP contribution in [0.4, 0.5) is 5.69 Å². The van der Waals surface area contributed by atoms with E-state index in [2.05, 4.69) is 5.32 Å². The second-order valence-electron chi connectivity index (χ2n) is 4.71. The number of ether oxygens (including phenoxy) is 3. The topological polar surface area (TPSA) is 39.7 Å². The monoisotopic (exact) mass is 271 g/mol. The number of nitrogens with one attached hydrogen (secondary N) is 1. The highest BCUT2D eigenvalue weighted by molar-refractivity contribution is 6.32. The lowest BCUT2D eigenvalue weighted by atomic mass is 10.2. The number of benzene rings is 1. The Balaban J connectivity index is 1.98. The average molecular weight is 272 g/mol. The largest absolute Gasteiger partial charge is 0.495 e. The van der Waals surface area contributed by atoms with Crippen LogP contribution in [0, 0.1) is 0 Å². The van der Waals surface area contributed by atoms with Gasteiger partial charge >= 0.3 is 0 Å². The van der Waals surface area contributed by atoms with Gasteiger partial charge < -0.3 is 19.5 Å². The minimum absolute atomic E-state index is 0.129. The van der Waals surface area contributed by atoms with E-state index in [1.54, 1.807) is 13.2 Å². The van der Waals surface area contributed by atoms with Crippen LogP contribution < -0.4 is 10.1 Å². The summed E-state index contributed by atoms with van der Waals surface area (Å²) in [6.45, 7) is 5.04. The highest BCUT2D eigenvalue weighted by Gasteiger charge is 2.28.